The van der Waals surface area contributed by atoms with Crippen LogP contribution < -0.4 is 20.3 Å². The Labute approximate surface area is 145 Å². The molecule has 1 aromatic carbocycles. The summed E-state index contributed by atoms with van der Waals surface area (Å²) in [6, 6.07) is 10.3. The van der Waals surface area contributed by atoms with Gasteiger partial charge in [-0.3, -0.25) is 20.4 Å². The van der Waals surface area contributed by atoms with Crippen molar-refractivity contribution in [1.29, 1.82) is 0 Å². The lowest BCUT2D eigenvalue weighted by Gasteiger charge is -2.15. The summed E-state index contributed by atoms with van der Waals surface area (Å²) in [6.07, 6.45) is 3.45. The van der Waals surface area contributed by atoms with Crippen molar-refractivity contribution in [2.24, 2.45) is 0 Å². The Hall–Kier alpha value is -3.22. The first kappa shape index (κ1) is 18.1. The molecule has 2 rings (SSSR count). The molecule has 1 aromatic heterocycles. The van der Waals surface area contributed by atoms with E-state index in [-0.39, 0.29) is 0 Å². The number of amides is 2. The lowest BCUT2D eigenvalue weighted by Crippen LogP contribution is -2.46. The molecule has 0 spiro atoms. The van der Waals surface area contributed by atoms with E-state index >= 15 is 0 Å². The van der Waals surface area contributed by atoms with Crippen molar-refractivity contribution in [3.63, 3.8) is 0 Å². The predicted molar refractivity (Wildman–Crippen MR) is 91.7 cm³/mol. The van der Waals surface area contributed by atoms with E-state index in [1.165, 1.54) is 18.4 Å². The van der Waals surface area contributed by atoms with Crippen LogP contribution >= 0.6 is 0 Å². The fourth-order valence-electron chi connectivity index (χ4n) is 1.85. The van der Waals surface area contributed by atoms with Gasteiger partial charge in [0.2, 0.25) is 0 Å². The smallest absolute Gasteiger partial charge is 0.279 e. The molecule has 2 N–H and O–H groups in total. The first-order chi connectivity index (χ1) is 12.1. The third-order valence-corrected chi connectivity index (χ3v) is 3.07. The highest BCUT2D eigenvalue weighted by Gasteiger charge is 2.15. The monoisotopic (exact) mass is 344 g/mol. The Kier molecular flexibility index (Phi) is 6.65. The van der Waals surface area contributed by atoms with Gasteiger partial charge in [0.05, 0.1) is 12.9 Å². The summed E-state index contributed by atoms with van der Waals surface area (Å²) >= 11 is 0. The Morgan fingerprint density at radius 3 is 2.52 bits per heavy atom. The van der Waals surface area contributed by atoms with E-state index in [0.29, 0.717) is 18.1 Å². The average Bonchev–Trinajstić information content (AvgIpc) is 3.13. The maximum absolute atomic E-state index is 11.9. The third kappa shape index (κ3) is 6.06. The number of nitrogens with one attached hydrogen (secondary N) is 2. The van der Waals surface area contributed by atoms with Crippen molar-refractivity contribution >= 4 is 17.9 Å². The molecule has 0 bridgehead atoms. The summed E-state index contributed by atoms with van der Waals surface area (Å²) in [4.78, 5) is 23.5. The number of ether oxygens (including phenoxy) is 2. The number of hydrogen-bond acceptors (Lipinski definition) is 5. The second-order valence-corrected chi connectivity index (χ2v) is 4.99. The minimum atomic E-state index is -0.785. The normalized spacial score (nSPS) is 11.8. The number of carbonyl (C=O) groups is 2. The molecule has 0 aliphatic rings. The van der Waals surface area contributed by atoms with E-state index in [1.54, 1.807) is 43.3 Å². The fourth-order valence-corrected chi connectivity index (χ4v) is 1.85. The van der Waals surface area contributed by atoms with Crippen LogP contribution in [0.15, 0.2) is 53.2 Å². The van der Waals surface area contributed by atoms with Gasteiger partial charge in [-0.05, 0) is 56.3 Å². The second kappa shape index (κ2) is 9.17. The SMILES string of the molecule is CCOc1ccc(O[C@H](C)C(=O)NNC(=O)/C=C/c2ccco2)cc1. The summed E-state index contributed by atoms with van der Waals surface area (Å²) in [5.74, 6) is 0.818. The first-order valence-corrected chi connectivity index (χ1v) is 7.79. The molecule has 1 atom stereocenters. The Bertz CT molecular complexity index is 708. The summed E-state index contributed by atoms with van der Waals surface area (Å²) in [5.41, 5.74) is 4.56. The zero-order valence-corrected chi connectivity index (χ0v) is 14.0. The zero-order valence-electron chi connectivity index (χ0n) is 14.0. The molecule has 0 aliphatic heterocycles. The van der Waals surface area contributed by atoms with Crippen LogP contribution in [-0.2, 0) is 9.59 Å². The molecule has 0 unspecified atom stereocenters. The van der Waals surface area contributed by atoms with Crippen LogP contribution in [0.3, 0.4) is 0 Å². The van der Waals surface area contributed by atoms with E-state index in [4.69, 9.17) is 13.9 Å². The minimum Gasteiger partial charge on any atom is -0.494 e. The van der Waals surface area contributed by atoms with Gasteiger partial charge in [-0.2, -0.15) is 0 Å². The molecule has 25 heavy (non-hydrogen) atoms. The molecular weight excluding hydrogens is 324 g/mol. The van der Waals surface area contributed by atoms with Gasteiger partial charge in [0.25, 0.3) is 11.8 Å². The topological polar surface area (TPSA) is 89.8 Å². The fraction of sp³-hybridized carbons (Fsp3) is 0.222. The largest absolute Gasteiger partial charge is 0.494 e. The highest BCUT2D eigenvalue weighted by atomic mass is 16.5. The van der Waals surface area contributed by atoms with Crippen LogP contribution in [0.2, 0.25) is 0 Å². The number of carbonyl (C=O) groups excluding carboxylic acids is 2. The lowest BCUT2D eigenvalue weighted by atomic mass is 10.3. The summed E-state index contributed by atoms with van der Waals surface area (Å²) in [7, 11) is 0. The van der Waals surface area contributed by atoms with Gasteiger partial charge < -0.3 is 13.9 Å². The second-order valence-electron chi connectivity index (χ2n) is 4.99. The quantitative estimate of drug-likeness (QED) is 0.594. The van der Waals surface area contributed by atoms with Crippen LogP contribution in [0.5, 0.6) is 11.5 Å². The molecule has 132 valence electrons. The molecule has 1 heterocycles. The first-order valence-electron chi connectivity index (χ1n) is 7.79. The molecule has 0 aliphatic carbocycles. The van der Waals surface area contributed by atoms with E-state index in [9.17, 15) is 9.59 Å². The van der Waals surface area contributed by atoms with Crippen LogP contribution in [0, 0.1) is 0 Å². The van der Waals surface area contributed by atoms with E-state index in [1.807, 2.05) is 6.92 Å². The van der Waals surface area contributed by atoms with E-state index in [2.05, 4.69) is 10.9 Å². The van der Waals surface area contributed by atoms with Crippen molar-refractivity contribution in [3.05, 3.63) is 54.5 Å². The Balaban J connectivity index is 1.76. The molecular formula is C18H20N2O5. The molecule has 7 heteroatoms. The number of hydrazine groups is 1. The Morgan fingerprint density at radius 1 is 1.16 bits per heavy atom. The molecule has 0 fully saturated rings. The average molecular weight is 344 g/mol. The van der Waals surface area contributed by atoms with Crippen molar-refractivity contribution in [3.8, 4) is 11.5 Å². The lowest BCUT2D eigenvalue weighted by molar-refractivity contribution is -0.131. The maximum Gasteiger partial charge on any atom is 0.279 e. The molecule has 2 amide bonds. The summed E-state index contributed by atoms with van der Waals surface area (Å²) < 4.78 is 15.9. The van der Waals surface area contributed by atoms with Crippen molar-refractivity contribution < 1.29 is 23.5 Å². The van der Waals surface area contributed by atoms with Crippen molar-refractivity contribution in [2.75, 3.05) is 6.61 Å². The summed E-state index contributed by atoms with van der Waals surface area (Å²) in [6.45, 7) is 4.05. The van der Waals surface area contributed by atoms with Crippen LogP contribution in [0.1, 0.15) is 19.6 Å². The summed E-state index contributed by atoms with van der Waals surface area (Å²) in [5, 5.41) is 0. The van der Waals surface area contributed by atoms with Gasteiger partial charge in [0.1, 0.15) is 17.3 Å². The third-order valence-electron chi connectivity index (χ3n) is 3.07. The van der Waals surface area contributed by atoms with E-state index in [0.717, 1.165) is 5.75 Å². The van der Waals surface area contributed by atoms with Crippen LogP contribution in [0.25, 0.3) is 6.08 Å². The molecule has 0 saturated carbocycles. The predicted octanol–water partition coefficient (Wildman–Crippen LogP) is 2.31. The molecule has 7 nitrogen and oxygen atoms in total. The van der Waals surface area contributed by atoms with Gasteiger partial charge in [0, 0.05) is 6.08 Å². The zero-order chi connectivity index (χ0) is 18.1. The number of rotatable bonds is 7. The van der Waals surface area contributed by atoms with Crippen molar-refractivity contribution in [2.45, 2.75) is 20.0 Å². The maximum atomic E-state index is 11.9. The molecule has 0 radical (unpaired) electrons. The standard InChI is InChI=1S/C18H20N2O5/c1-3-23-15-6-8-16(9-7-15)25-13(2)18(22)20-19-17(21)11-10-14-5-4-12-24-14/h4-13H,3H2,1-2H3,(H,19,21)(H,20,22)/b11-10+/t13-/m1/s1. The van der Waals surface area contributed by atoms with Gasteiger partial charge >= 0.3 is 0 Å². The highest BCUT2D eigenvalue weighted by molar-refractivity contribution is 5.93. The minimum absolute atomic E-state index is 0.478. The number of furan rings is 1. The van der Waals surface area contributed by atoms with Crippen LogP contribution in [0.4, 0.5) is 0 Å². The van der Waals surface area contributed by atoms with Crippen molar-refractivity contribution in [1.82, 2.24) is 10.9 Å². The van der Waals surface area contributed by atoms with Gasteiger partial charge in [-0.25, -0.2) is 0 Å². The number of hydrogen-bond donors (Lipinski definition) is 2. The van der Waals surface area contributed by atoms with Gasteiger partial charge in [-0.15, -0.1) is 0 Å². The highest BCUT2D eigenvalue weighted by Crippen LogP contribution is 2.18. The van der Waals surface area contributed by atoms with E-state index < -0.39 is 17.9 Å². The van der Waals surface area contributed by atoms with Gasteiger partial charge in [0.15, 0.2) is 6.10 Å². The molecule has 0 saturated heterocycles. The number of benzene rings is 1. The molecule has 2 aromatic rings. The van der Waals surface area contributed by atoms with Crippen LogP contribution in [-0.4, -0.2) is 24.5 Å². The van der Waals surface area contributed by atoms with Gasteiger partial charge in [-0.1, -0.05) is 0 Å². The Morgan fingerprint density at radius 2 is 1.88 bits per heavy atom.